The molecule has 2 aromatic rings. The van der Waals surface area contributed by atoms with Gasteiger partial charge in [-0.1, -0.05) is 12.1 Å². The molecule has 8 nitrogen and oxygen atoms in total. The van der Waals surface area contributed by atoms with Crippen LogP contribution in [0.2, 0.25) is 0 Å². The number of hydrogen-bond acceptors (Lipinski definition) is 5. The van der Waals surface area contributed by atoms with Crippen LogP contribution in [0.25, 0.3) is 0 Å². The van der Waals surface area contributed by atoms with Gasteiger partial charge in [-0.15, -0.1) is 29.9 Å². The molecule has 162 valence electrons. The van der Waals surface area contributed by atoms with Gasteiger partial charge in [-0.05, 0) is 45.7 Å². The third kappa shape index (κ3) is 4.75. The summed E-state index contributed by atoms with van der Waals surface area (Å²) >= 11 is 0. The summed E-state index contributed by atoms with van der Waals surface area (Å²) in [6.45, 7) is 7.57. The molecule has 2 aliphatic heterocycles. The second kappa shape index (κ2) is 10.4. The minimum absolute atomic E-state index is 0. The second-order valence-electron chi connectivity index (χ2n) is 7.60. The molecule has 0 aromatic carbocycles. The van der Waals surface area contributed by atoms with Gasteiger partial charge < -0.3 is 14.8 Å². The number of aromatic nitrogens is 5. The Morgan fingerprint density at radius 3 is 2.69 bits per heavy atom. The van der Waals surface area contributed by atoms with Crippen LogP contribution in [0.5, 0.6) is 0 Å². The molecule has 2 aromatic heterocycles. The Morgan fingerprint density at radius 2 is 1.97 bits per heavy atom. The van der Waals surface area contributed by atoms with Crippen molar-refractivity contribution in [2.24, 2.45) is 0 Å². The fourth-order valence-corrected chi connectivity index (χ4v) is 4.40. The number of nitrogens with one attached hydrogen (secondary N) is 1. The fraction of sp³-hybridized carbons (Fsp3) is 0.684. The monoisotopic (exact) mass is 443 g/mol. The molecule has 0 aliphatic carbocycles. The predicted molar refractivity (Wildman–Crippen MR) is 116 cm³/mol. The van der Waals surface area contributed by atoms with Gasteiger partial charge in [-0.2, -0.15) is 0 Å². The number of piperidine rings is 2. The highest BCUT2D eigenvalue weighted by atomic mass is 35.5. The Balaban J connectivity index is 0.00000150. The van der Waals surface area contributed by atoms with Gasteiger partial charge in [0.05, 0.1) is 17.8 Å². The van der Waals surface area contributed by atoms with E-state index in [9.17, 15) is 4.79 Å². The molecule has 0 radical (unpaired) electrons. The highest BCUT2D eigenvalue weighted by molar-refractivity contribution is 5.93. The number of imidazole rings is 1. The van der Waals surface area contributed by atoms with Crippen molar-refractivity contribution in [3.05, 3.63) is 29.6 Å². The molecule has 4 rings (SSSR count). The number of nitrogens with zero attached hydrogens (tertiary/aromatic N) is 6. The standard InChI is InChI=1S/C19H29N7O.2ClH/c1-3-17-21-10-12-25(17)16-5-4-11-24(13-16)19(27)18-14(2)26(23-22-18)15-6-8-20-9-7-15;;/h10,12,15-16,20H,3-9,11,13H2,1-2H3;2*1H. The lowest BCUT2D eigenvalue weighted by Crippen LogP contribution is -2.41. The molecule has 1 N–H and O–H groups in total. The Bertz CT molecular complexity index is 800. The number of carbonyl (C=O) groups excluding carboxylic acids is 1. The number of likely N-dealkylation sites (tertiary alicyclic amines) is 1. The molecule has 0 bridgehead atoms. The molecule has 29 heavy (non-hydrogen) atoms. The number of aryl methyl sites for hydroxylation is 1. The molecular weight excluding hydrogens is 413 g/mol. The van der Waals surface area contributed by atoms with Crippen molar-refractivity contribution < 1.29 is 4.79 Å². The van der Waals surface area contributed by atoms with Crippen LogP contribution in [0, 0.1) is 6.92 Å². The van der Waals surface area contributed by atoms with E-state index >= 15 is 0 Å². The first-order valence-electron chi connectivity index (χ1n) is 10.1. The summed E-state index contributed by atoms with van der Waals surface area (Å²) in [6.07, 6.45) is 8.94. The van der Waals surface area contributed by atoms with Crippen molar-refractivity contribution in [3.63, 3.8) is 0 Å². The minimum Gasteiger partial charge on any atom is -0.335 e. The number of halogens is 2. The summed E-state index contributed by atoms with van der Waals surface area (Å²) < 4.78 is 4.19. The fourth-order valence-electron chi connectivity index (χ4n) is 4.40. The van der Waals surface area contributed by atoms with Gasteiger partial charge in [-0.3, -0.25) is 4.79 Å². The largest absolute Gasteiger partial charge is 0.335 e. The van der Waals surface area contributed by atoms with E-state index in [1.807, 2.05) is 28.9 Å². The highest BCUT2D eigenvalue weighted by Crippen LogP contribution is 2.26. The van der Waals surface area contributed by atoms with Gasteiger partial charge in [0.2, 0.25) is 0 Å². The smallest absolute Gasteiger partial charge is 0.276 e. The van der Waals surface area contributed by atoms with Crippen molar-refractivity contribution in [2.45, 2.75) is 58.0 Å². The minimum atomic E-state index is 0. The van der Waals surface area contributed by atoms with Crippen LogP contribution < -0.4 is 5.32 Å². The first-order chi connectivity index (χ1) is 13.2. The maximum absolute atomic E-state index is 13.2. The van der Waals surface area contributed by atoms with E-state index in [2.05, 4.69) is 32.1 Å². The maximum atomic E-state index is 13.2. The first kappa shape index (κ1) is 23.6. The molecule has 4 heterocycles. The molecule has 1 amide bonds. The third-order valence-electron chi connectivity index (χ3n) is 5.93. The van der Waals surface area contributed by atoms with Crippen molar-refractivity contribution >= 4 is 30.7 Å². The van der Waals surface area contributed by atoms with E-state index < -0.39 is 0 Å². The number of amides is 1. The summed E-state index contributed by atoms with van der Waals surface area (Å²) in [5.74, 6) is 1.10. The van der Waals surface area contributed by atoms with E-state index in [0.29, 0.717) is 24.3 Å². The second-order valence-corrected chi connectivity index (χ2v) is 7.60. The topological polar surface area (TPSA) is 80.9 Å². The lowest BCUT2D eigenvalue weighted by atomic mass is 10.0. The predicted octanol–water partition coefficient (Wildman–Crippen LogP) is 2.59. The average molecular weight is 444 g/mol. The van der Waals surface area contributed by atoms with Gasteiger partial charge in [0.1, 0.15) is 5.82 Å². The number of carbonyl (C=O) groups is 1. The van der Waals surface area contributed by atoms with Gasteiger partial charge in [-0.25, -0.2) is 9.67 Å². The molecule has 1 unspecified atom stereocenters. The highest BCUT2D eigenvalue weighted by Gasteiger charge is 2.30. The summed E-state index contributed by atoms with van der Waals surface area (Å²) in [4.78, 5) is 19.5. The summed E-state index contributed by atoms with van der Waals surface area (Å²) in [5, 5.41) is 12.0. The zero-order chi connectivity index (χ0) is 18.8. The van der Waals surface area contributed by atoms with Gasteiger partial charge in [0.25, 0.3) is 5.91 Å². The summed E-state index contributed by atoms with van der Waals surface area (Å²) in [5.41, 5.74) is 1.40. The van der Waals surface area contributed by atoms with Crippen molar-refractivity contribution in [2.75, 3.05) is 26.2 Å². The number of hydrogen-bond donors (Lipinski definition) is 1. The molecule has 1 atom stereocenters. The molecule has 2 fully saturated rings. The lowest BCUT2D eigenvalue weighted by molar-refractivity contribution is 0.0671. The zero-order valence-electron chi connectivity index (χ0n) is 17.1. The van der Waals surface area contributed by atoms with E-state index in [-0.39, 0.29) is 30.7 Å². The van der Waals surface area contributed by atoms with Crippen LogP contribution in [0.1, 0.15) is 66.7 Å². The molecule has 10 heteroatoms. The summed E-state index contributed by atoms with van der Waals surface area (Å²) in [6, 6.07) is 0.632. The molecule has 2 saturated heterocycles. The van der Waals surface area contributed by atoms with Gasteiger partial charge >= 0.3 is 0 Å². The Kier molecular flexibility index (Phi) is 8.48. The quantitative estimate of drug-likeness (QED) is 0.784. The van der Waals surface area contributed by atoms with E-state index in [4.69, 9.17) is 0 Å². The van der Waals surface area contributed by atoms with Crippen LogP contribution in [-0.4, -0.2) is 61.5 Å². The third-order valence-corrected chi connectivity index (χ3v) is 5.93. The lowest BCUT2D eigenvalue weighted by Gasteiger charge is -2.33. The van der Waals surface area contributed by atoms with Crippen LogP contribution in [0.4, 0.5) is 0 Å². The average Bonchev–Trinajstić information content (AvgIpc) is 3.34. The normalized spacial score (nSPS) is 20.1. The number of rotatable bonds is 4. The molecule has 0 saturated carbocycles. The van der Waals surface area contributed by atoms with E-state index in [1.165, 1.54) is 0 Å². The first-order valence-corrected chi connectivity index (χ1v) is 10.1. The van der Waals surface area contributed by atoms with Crippen molar-refractivity contribution in [3.8, 4) is 0 Å². The van der Waals surface area contributed by atoms with Crippen molar-refractivity contribution in [1.82, 2.24) is 34.8 Å². The van der Waals surface area contributed by atoms with Gasteiger partial charge in [0, 0.05) is 31.9 Å². The van der Waals surface area contributed by atoms with Crippen molar-refractivity contribution in [1.29, 1.82) is 0 Å². The Labute approximate surface area is 184 Å². The maximum Gasteiger partial charge on any atom is 0.276 e. The SMILES string of the molecule is CCc1nccn1C1CCCN(C(=O)c2nnn(C3CCNCC3)c2C)C1.Cl.Cl. The van der Waals surface area contributed by atoms with Crippen LogP contribution in [-0.2, 0) is 6.42 Å². The van der Waals surface area contributed by atoms with E-state index in [1.54, 1.807) is 0 Å². The molecular formula is C19H31Cl2N7O. The zero-order valence-corrected chi connectivity index (χ0v) is 18.7. The van der Waals surface area contributed by atoms with E-state index in [0.717, 1.165) is 63.3 Å². The van der Waals surface area contributed by atoms with Gasteiger partial charge in [0.15, 0.2) is 5.69 Å². The van der Waals surface area contributed by atoms with Crippen LogP contribution >= 0.6 is 24.8 Å². The van der Waals surface area contributed by atoms with Crippen LogP contribution in [0.3, 0.4) is 0 Å². The Morgan fingerprint density at radius 1 is 1.21 bits per heavy atom. The molecule has 2 aliphatic rings. The van der Waals surface area contributed by atoms with Crippen LogP contribution in [0.15, 0.2) is 12.4 Å². The molecule has 0 spiro atoms. The Hall–Kier alpha value is -1.64. The summed E-state index contributed by atoms with van der Waals surface area (Å²) in [7, 11) is 0.